The Bertz CT molecular complexity index is 572. The third-order valence-electron chi connectivity index (χ3n) is 3.51. The van der Waals surface area contributed by atoms with E-state index >= 15 is 0 Å². The lowest BCUT2D eigenvalue weighted by Gasteiger charge is -2.34. The molecule has 0 amide bonds. The zero-order valence-corrected chi connectivity index (χ0v) is 12.1. The van der Waals surface area contributed by atoms with Crippen LogP contribution in [0.2, 0.25) is 5.02 Å². The number of thiophene rings is 1. The monoisotopic (exact) mass is 297 g/mol. The van der Waals surface area contributed by atoms with Gasteiger partial charge in [-0.05, 0) is 6.07 Å². The van der Waals surface area contributed by atoms with Gasteiger partial charge in [0, 0.05) is 28.1 Å². The van der Waals surface area contributed by atoms with Crippen LogP contribution in [0.25, 0.3) is 10.1 Å². The summed E-state index contributed by atoms with van der Waals surface area (Å²) in [5.41, 5.74) is 0. The van der Waals surface area contributed by atoms with Crippen LogP contribution in [0.3, 0.4) is 0 Å². The van der Waals surface area contributed by atoms with Crippen molar-refractivity contribution < 1.29 is 9.84 Å². The van der Waals surface area contributed by atoms with Crippen LogP contribution in [0, 0.1) is 0 Å². The number of nitrogens with zero attached hydrogens (tertiary/aromatic N) is 1. The maximum atomic E-state index is 9.40. The molecule has 1 unspecified atom stereocenters. The zero-order chi connectivity index (χ0) is 13.2. The second-order valence-electron chi connectivity index (χ2n) is 4.72. The number of morpholine rings is 1. The smallest absolute Gasteiger partial charge is 0.0645 e. The molecule has 1 atom stereocenters. The highest BCUT2D eigenvalue weighted by Crippen LogP contribution is 2.36. The predicted molar refractivity (Wildman–Crippen MR) is 78.9 cm³/mol. The van der Waals surface area contributed by atoms with Gasteiger partial charge in [0.2, 0.25) is 0 Å². The van der Waals surface area contributed by atoms with Gasteiger partial charge in [-0.15, -0.1) is 11.3 Å². The van der Waals surface area contributed by atoms with E-state index in [1.54, 1.807) is 11.3 Å². The third-order valence-corrected chi connectivity index (χ3v) is 5.21. The lowest BCUT2D eigenvalue weighted by molar-refractivity contribution is -0.0308. The average Bonchev–Trinajstić information content (AvgIpc) is 2.77. The topological polar surface area (TPSA) is 32.7 Å². The van der Waals surface area contributed by atoms with E-state index in [-0.39, 0.29) is 12.6 Å². The Morgan fingerprint density at radius 3 is 3.05 bits per heavy atom. The highest BCUT2D eigenvalue weighted by Gasteiger charge is 2.24. The number of hydrogen-bond acceptors (Lipinski definition) is 4. The van der Waals surface area contributed by atoms with Gasteiger partial charge in [0.25, 0.3) is 0 Å². The van der Waals surface area contributed by atoms with Crippen molar-refractivity contribution in [1.29, 1.82) is 0 Å². The van der Waals surface area contributed by atoms with E-state index in [1.165, 1.54) is 9.58 Å². The quantitative estimate of drug-likeness (QED) is 0.945. The Morgan fingerprint density at radius 1 is 1.42 bits per heavy atom. The number of ether oxygens (including phenoxy) is 1. The van der Waals surface area contributed by atoms with Gasteiger partial charge in [0.15, 0.2) is 0 Å². The van der Waals surface area contributed by atoms with E-state index < -0.39 is 0 Å². The Morgan fingerprint density at radius 2 is 2.26 bits per heavy atom. The first-order chi connectivity index (χ1) is 9.29. The molecular formula is C14H16ClNO2S. The lowest BCUT2D eigenvalue weighted by Crippen LogP contribution is -2.46. The minimum absolute atomic E-state index is 0.0787. The first-order valence-corrected chi connectivity index (χ1v) is 7.57. The molecule has 5 heteroatoms. The molecule has 102 valence electrons. The van der Waals surface area contributed by atoms with Gasteiger partial charge in [-0.25, -0.2) is 0 Å². The summed E-state index contributed by atoms with van der Waals surface area (Å²) >= 11 is 8.19. The molecule has 0 aliphatic carbocycles. The van der Waals surface area contributed by atoms with Gasteiger partial charge >= 0.3 is 0 Å². The normalized spacial score (nSPS) is 21.1. The van der Waals surface area contributed by atoms with Crippen LogP contribution in [-0.2, 0) is 11.3 Å². The second-order valence-corrected chi connectivity index (χ2v) is 6.23. The number of fused-ring (bicyclic) bond motifs is 1. The summed E-state index contributed by atoms with van der Waals surface area (Å²) in [6.45, 7) is 3.07. The summed E-state index contributed by atoms with van der Waals surface area (Å²) in [7, 11) is 0. The molecular weight excluding hydrogens is 282 g/mol. The first-order valence-electron chi connectivity index (χ1n) is 6.38. The highest BCUT2D eigenvalue weighted by atomic mass is 35.5. The Kier molecular flexibility index (Phi) is 4.05. The molecule has 0 saturated carbocycles. The molecule has 2 aromatic rings. The van der Waals surface area contributed by atoms with Crippen molar-refractivity contribution in [2.45, 2.75) is 12.6 Å². The van der Waals surface area contributed by atoms with Crippen molar-refractivity contribution in [1.82, 2.24) is 4.90 Å². The van der Waals surface area contributed by atoms with Crippen LogP contribution in [0.4, 0.5) is 0 Å². The van der Waals surface area contributed by atoms with Crippen molar-refractivity contribution in [2.75, 3.05) is 26.4 Å². The number of aliphatic hydroxyl groups excluding tert-OH is 1. The molecule has 1 aliphatic heterocycles. The van der Waals surface area contributed by atoms with Crippen LogP contribution in [-0.4, -0.2) is 42.4 Å². The van der Waals surface area contributed by atoms with Gasteiger partial charge in [0.05, 0.1) is 30.9 Å². The van der Waals surface area contributed by atoms with E-state index in [4.69, 9.17) is 16.3 Å². The molecule has 2 heterocycles. The van der Waals surface area contributed by atoms with E-state index in [9.17, 15) is 5.11 Å². The maximum absolute atomic E-state index is 9.40. The van der Waals surface area contributed by atoms with Crippen molar-refractivity contribution in [3.8, 4) is 0 Å². The number of halogens is 1. The van der Waals surface area contributed by atoms with Crippen molar-refractivity contribution in [3.63, 3.8) is 0 Å². The molecule has 1 saturated heterocycles. The van der Waals surface area contributed by atoms with E-state index in [1.807, 2.05) is 12.1 Å². The van der Waals surface area contributed by atoms with Crippen molar-refractivity contribution >= 4 is 33.0 Å². The average molecular weight is 298 g/mol. The Hall–Kier alpha value is -0.650. The minimum Gasteiger partial charge on any atom is -0.395 e. The largest absolute Gasteiger partial charge is 0.395 e. The standard InChI is InChI=1S/C14H16ClNO2S/c15-14-11-3-1-2-4-12(11)19-13(14)7-16-5-6-18-9-10(16)8-17/h1-4,10,17H,5-9H2. The van der Waals surface area contributed by atoms with E-state index in [0.717, 1.165) is 30.1 Å². The molecule has 1 fully saturated rings. The van der Waals surface area contributed by atoms with Gasteiger partial charge in [-0.1, -0.05) is 29.8 Å². The van der Waals surface area contributed by atoms with Gasteiger partial charge in [-0.3, -0.25) is 4.90 Å². The molecule has 0 spiro atoms. The van der Waals surface area contributed by atoms with Crippen LogP contribution in [0.5, 0.6) is 0 Å². The van der Waals surface area contributed by atoms with E-state index in [0.29, 0.717) is 6.61 Å². The molecule has 0 bridgehead atoms. The van der Waals surface area contributed by atoms with Crippen LogP contribution < -0.4 is 0 Å². The van der Waals surface area contributed by atoms with Crippen LogP contribution in [0.15, 0.2) is 24.3 Å². The first kappa shape index (κ1) is 13.3. The number of aliphatic hydroxyl groups is 1. The van der Waals surface area contributed by atoms with Crippen LogP contribution >= 0.6 is 22.9 Å². The fourth-order valence-corrected chi connectivity index (χ4v) is 3.93. The molecule has 1 aromatic heterocycles. The number of rotatable bonds is 3. The Balaban J connectivity index is 1.86. The predicted octanol–water partition coefficient (Wildman–Crippen LogP) is 2.75. The lowest BCUT2D eigenvalue weighted by atomic mass is 10.2. The highest BCUT2D eigenvalue weighted by molar-refractivity contribution is 7.19. The van der Waals surface area contributed by atoms with Gasteiger partial charge in [-0.2, -0.15) is 0 Å². The van der Waals surface area contributed by atoms with Gasteiger partial charge < -0.3 is 9.84 Å². The molecule has 1 aliphatic rings. The third kappa shape index (κ3) is 2.64. The summed E-state index contributed by atoms with van der Waals surface area (Å²) in [6, 6.07) is 8.27. The summed E-state index contributed by atoms with van der Waals surface area (Å²) in [5.74, 6) is 0. The molecule has 1 aromatic carbocycles. The zero-order valence-electron chi connectivity index (χ0n) is 10.5. The summed E-state index contributed by atoms with van der Waals surface area (Å²) in [6.07, 6.45) is 0. The molecule has 3 rings (SSSR count). The van der Waals surface area contributed by atoms with Gasteiger partial charge in [0.1, 0.15) is 0 Å². The fraction of sp³-hybridized carbons (Fsp3) is 0.429. The van der Waals surface area contributed by atoms with Crippen molar-refractivity contribution in [3.05, 3.63) is 34.2 Å². The molecule has 3 nitrogen and oxygen atoms in total. The minimum atomic E-state index is 0.0787. The fourth-order valence-electron chi connectivity index (χ4n) is 2.42. The summed E-state index contributed by atoms with van der Waals surface area (Å²) in [4.78, 5) is 3.42. The molecule has 1 N–H and O–H groups in total. The molecule has 0 radical (unpaired) electrons. The van der Waals surface area contributed by atoms with Crippen LogP contribution in [0.1, 0.15) is 4.88 Å². The summed E-state index contributed by atoms with van der Waals surface area (Å²) < 4.78 is 6.62. The molecule has 19 heavy (non-hydrogen) atoms. The Labute approximate surface area is 121 Å². The number of hydrogen-bond donors (Lipinski definition) is 1. The SMILES string of the molecule is OCC1COCCN1Cc1sc2ccccc2c1Cl. The second kappa shape index (κ2) is 5.77. The number of benzene rings is 1. The van der Waals surface area contributed by atoms with E-state index in [2.05, 4.69) is 17.0 Å². The summed E-state index contributed by atoms with van der Waals surface area (Å²) in [5, 5.41) is 11.4. The van der Waals surface area contributed by atoms with Crippen molar-refractivity contribution in [2.24, 2.45) is 0 Å². The maximum Gasteiger partial charge on any atom is 0.0645 e.